The standard InChI is InChI=1S/C30H37ClO9/c1-4-25(15-10-22(3)39-40-31)37-29(33)24-13-18-27(19-14-24)38-30(34)23-11-16-26(17-12-23)35-20-8-6-7-9-21-36-28(32)5-2/h4-5,10-12,15-17,24,27H,1-2,6-9,13-14,18-21H2,3H3/b22-10+,25-15+/t24-,27-. The van der Waals surface area contributed by atoms with Crippen molar-refractivity contribution in [3.05, 3.63) is 78.8 Å². The molecule has 1 aromatic rings. The van der Waals surface area contributed by atoms with Gasteiger partial charge in [0, 0.05) is 6.08 Å². The lowest BCUT2D eigenvalue weighted by Crippen LogP contribution is -2.28. The van der Waals surface area contributed by atoms with Crippen LogP contribution >= 0.6 is 11.9 Å². The molecule has 1 aliphatic carbocycles. The topological polar surface area (TPSA) is 107 Å². The van der Waals surface area contributed by atoms with E-state index in [9.17, 15) is 14.4 Å². The van der Waals surface area contributed by atoms with Crippen molar-refractivity contribution in [1.29, 1.82) is 0 Å². The number of carbonyl (C=O) groups excluding carboxylic acids is 3. The van der Waals surface area contributed by atoms with E-state index in [2.05, 4.69) is 22.5 Å². The minimum absolute atomic E-state index is 0.263. The summed E-state index contributed by atoms with van der Waals surface area (Å²) in [6.45, 7) is 9.57. The van der Waals surface area contributed by atoms with Crippen LogP contribution in [-0.4, -0.2) is 37.2 Å². The Balaban J connectivity index is 1.67. The molecule has 1 fully saturated rings. The van der Waals surface area contributed by atoms with Gasteiger partial charge in [-0.1, -0.05) is 17.6 Å². The molecule has 0 saturated heterocycles. The van der Waals surface area contributed by atoms with Crippen LogP contribution < -0.4 is 4.74 Å². The predicted octanol–water partition coefficient (Wildman–Crippen LogP) is 6.69. The molecular formula is C30H37ClO9. The zero-order valence-corrected chi connectivity index (χ0v) is 23.6. The van der Waals surface area contributed by atoms with Gasteiger partial charge in [0.2, 0.25) is 0 Å². The van der Waals surface area contributed by atoms with Gasteiger partial charge in [0.15, 0.2) is 0 Å². The van der Waals surface area contributed by atoms with Crippen molar-refractivity contribution in [3.8, 4) is 5.75 Å². The number of esters is 3. The zero-order valence-electron chi connectivity index (χ0n) is 22.8. The SMILES string of the molecule is C=CC(=O)OCCCCCCOc1ccc(C(=O)O[C@H]2CC[C@H](C(=O)O/C(C=C)=C/C=C(\C)OOCl)CC2)cc1. The average Bonchev–Trinajstić information content (AvgIpc) is 2.97. The number of unbranched alkanes of at least 4 members (excludes halogenated alkanes) is 3. The van der Waals surface area contributed by atoms with Gasteiger partial charge in [-0.05, 0) is 101 Å². The van der Waals surface area contributed by atoms with Crippen molar-refractivity contribution in [1.82, 2.24) is 0 Å². The highest BCUT2D eigenvalue weighted by Gasteiger charge is 2.30. The molecule has 218 valence electrons. The molecule has 0 bridgehead atoms. The first kappa shape index (κ1) is 32.7. The van der Waals surface area contributed by atoms with Crippen molar-refractivity contribution < 1.29 is 42.7 Å². The van der Waals surface area contributed by atoms with E-state index in [4.69, 9.17) is 30.8 Å². The first-order chi connectivity index (χ1) is 19.4. The maximum Gasteiger partial charge on any atom is 0.338 e. The molecule has 10 heteroatoms. The summed E-state index contributed by atoms with van der Waals surface area (Å²) in [6, 6.07) is 6.85. The molecule has 9 nitrogen and oxygen atoms in total. The Morgan fingerprint density at radius 2 is 1.60 bits per heavy atom. The van der Waals surface area contributed by atoms with E-state index in [-0.39, 0.29) is 23.8 Å². The van der Waals surface area contributed by atoms with Crippen molar-refractivity contribution in [2.75, 3.05) is 13.2 Å². The fraction of sp³-hybridized carbons (Fsp3) is 0.433. The Morgan fingerprint density at radius 1 is 0.925 bits per heavy atom. The average molecular weight is 577 g/mol. The predicted molar refractivity (Wildman–Crippen MR) is 149 cm³/mol. The van der Waals surface area contributed by atoms with E-state index in [1.54, 1.807) is 31.2 Å². The van der Waals surface area contributed by atoms with Gasteiger partial charge in [0.25, 0.3) is 0 Å². The summed E-state index contributed by atoms with van der Waals surface area (Å²) in [6.07, 6.45) is 11.2. The Bertz CT molecular complexity index is 1040. The van der Waals surface area contributed by atoms with Gasteiger partial charge < -0.3 is 23.8 Å². The van der Waals surface area contributed by atoms with Crippen molar-refractivity contribution in [3.63, 3.8) is 0 Å². The molecule has 0 aliphatic heterocycles. The number of benzene rings is 1. The summed E-state index contributed by atoms with van der Waals surface area (Å²) < 4.78 is 25.8. The van der Waals surface area contributed by atoms with Crippen LogP contribution in [0.15, 0.2) is 73.2 Å². The van der Waals surface area contributed by atoms with E-state index in [1.165, 1.54) is 18.2 Å². The van der Waals surface area contributed by atoms with E-state index >= 15 is 0 Å². The molecule has 0 atom stereocenters. The molecule has 0 N–H and O–H groups in total. The van der Waals surface area contributed by atoms with Crippen LogP contribution in [0.25, 0.3) is 0 Å². The second-order valence-corrected chi connectivity index (χ2v) is 9.28. The summed E-state index contributed by atoms with van der Waals surface area (Å²) in [5, 5.41) is 0. The lowest BCUT2D eigenvalue weighted by atomic mass is 9.87. The molecule has 1 aromatic carbocycles. The maximum absolute atomic E-state index is 12.6. The Hall–Kier alpha value is -3.56. The quantitative estimate of drug-likeness (QED) is 0.0293. The van der Waals surface area contributed by atoms with Crippen LogP contribution in [0.4, 0.5) is 0 Å². The molecule has 0 radical (unpaired) electrons. The number of hydrogen-bond donors (Lipinski definition) is 0. The molecule has 0 spiro atoms. The van der Waals surface area contributed by atoms with Gasteiger partial charge in [0.05, 0.1) is 24.7 Å². The Labute approximate surface area is 240 Å². The van der Waals surface area contributed by atoms with Crippen LogP contribution in [0.2, 0.25) is 0 Å². The van der Waals surface area contributed by atoms with Gasteiger partial charge in [-0.2, -0.15) is 0 Å². The first-order valence-corrected chi connectivity index (χ1v) is 13.6. The van der Waals surface area contributed by atoms with Crippen LogP contribution in [0, 0.1) is 5.92 Å². The summed E-state index contributed by atoms with van der Waals surface area (Å²) in [5.41, 5.74) is 0.440. The van der Waals surface area contributed by atoms with Gasteiger partial charge in [-0.3, -0.25) is 4.79 Å². The Kier molecular flexibility index (Phi) is 15.2. The minimum atomic E-state index is -0.406. The zero-order chi connectivity index (χ0) is 29.2. The summed E-state index contributed by atoms with van der Waals surface area (Å²) in [5.74, 6) is -0.150. The number of carbonyl (C=O) groups is 3. The van der Waals surface area contributed by atoms with Crippen molar-refractivity contribution in [2.24, 2.45) is 5.92 Å². The minimum Gasteiger partial charge on any atom is -0.494 e. The fourth-order valence-corrected chi connectivity index (χ4v) is 4.02. The summed E-state index contributed by atoms with van der Waals surface area (Å²) >= 11 is 5.02. The number of hydrogen-bond acceptors (Lipinski definition) is 9. The van der Waals surface area contributed by atoms with Crippen molar-refractivity contribution in [2.45, 2.75) is 64.4 Å². The summed E-state index contributed by atoms with van der Waals surface area (Å²) in [7, 11) is 0. The van der Waals surface area contributed by atoms with E-state index < -0.39 is 11.9 Å². The Morgan fingerprint density at radius 3 is 2.23 bits per heavy atom. The molecule has 0 aromatic heterocycles. The third-order valence-corrected chi connectivity index (χ3v) is 6.22. The van der Waals surface area contributed by atoms with E-state index in [1.807, 2.05) is 0 Å². The number of halogens is 1. The fourth-order valence-electron chi connectivity index (χ4n) is 3.92. The van der Waals surface area contributed by atoms with Crippen LogP contribution in [0.1, 0.15) is 68.6 Å². The second-order valence-electron chi connectivity index (χ2n) is 9.16. The molecule has 1 aliphatic rings. The molecule has 40 heavy (non-hydrogen) atoms. The molecule has 1 saturated carbocycles. The van der Waals surface area contributed by atoms with Gasteiger partial charge in [-0.15, -0.1) is 0 Å². The highest BCUT2D eigenvalue weighted by molar-refractivity contribution is 6.06. The monoisotopic (exact) mass is 576 g/mol. The highest BCUT2D eigenvalue weighted by atomic mass is 35.5. The van der Waals surface area contributed by atoms with E-state index in [0.717, 1.165) is 31.8 Å². The third-order valence-electron chi connectivity index (χ3n) is 6.15. The maximum atomic E-state index is 12.6. The van der Waals surface area contributed by atoms with E-state index in [0.29, 0.717) is 56.0 Å². The third kappa shape index (κ3) is 12.5. The number of rotatable bonds is 17. The first-order valence-electron chi connectivity index (χ1n) is 13.3. The molecule has 0 amide bonds. The molecular weight excluding hydrogens is 540 g/mol. The molecule has 0 unspecified atom stereocenters. The van der Waals surface area contributed by atoms with Gasteiger partial charge in [0.1, 0.15) is 35.2 Å². The smallest absolute Gasteiger partial charge is 0.338 e. The lowest BCUT2D eigenvalue weighted by molar-refractivity contribution is -0.159. The van der Waals surface area contributed by atoms with Crippen LogP contribution in [0.5, 0.6) is 5.75 Å². The molecule has 0 heterocycles. The van der Waals surface area contributed by atoms with Gasteiger partial charge in [-0.25, -0.2) is 9.59 Å². The van der Waals surface area contributed by atoms with Gasteiger partial charge >= 0.3 is 17.9 Å². The van der Waals surface area contributed by atoms with Crippen molar-refractivity contribution >= 4 is 29.8 Å². The molecule has 2 rings (SSSR count). The lowest BCUT2D eigenvalue weighted by Gasteiger charge is -2.27. The second kappa shape index (κ2) is 18.7. The summed E-state index contributed by atoms with van der Waals surface area (Å²) in [4.78, 5) is 40.8. The van der Waals surface area contributed by atoms with Crippen LogP contribution in [0.3, 0.4) is 0 Å². The number of allylic oxidation sites excluding steroid dienone is 4. The number of ether oxygens (including phenoxy) is 4. The highest BCUT2D eigenvalue weighted by Crippen LogP contribution is 2.29. The largest absolute Gasteiger partial charge is 0.494 e. The van der Waals surface area contributed by atoms with Crippen LogP contribution in [-0.2, 0) is 33.1 Å². The normalized spacial score (nSPS) is 17.4.